The second-order valence-corrected chi connectivity index (χ2v) is 8.28. The lowest BCUT2D eigenvalue weighted by atomic mass is 9.97. The van der Waals surface area contributed by atoms with Crippen LogP contribution in [0.1, 0.15) is 54.8 Å². The number of nitrogens with zero attached hydrogens (tertiary/aromatic N) is 3. The molecule has 0 saturated heterocycles. The van der Waals surface area contributed by atoms with Gasteiger partial charge in [-0.1, -0.05) is 0 Å². The molecule has 2 aliphatic rings. The van der Waals surface area contributed by atoms with Crippen molar-refractivity contribution in [2.45, 2.75) is 57.4 Å². The largest absolute Gasteiger partial charge is 0.358 e. The molecule has 0 aliphatic heterocycles. The number of aromatic nitrogens is 2. The van der Waals surface area contributed by atoms with Crippen LogP contribution in [0.5, 0.6) is 0 Å². The normalized spacial score (nSPS) is 18.3. The number of hydrogen-bond donors (Lipinski definition) is 1. The first kappa shape index (κ1) is 15.8. The van der Waals surface area contributed by atoms with Gasteiger partial charge in [-0.15, -0.1) is 11.3 Å². The van der Waals surface area contributed by atoms with Crippen molar-refractivity contribution >= 4 is 33.3 Å². The van der Waals surface area contributed by atoms with E-state index in [0.717, 1.165) is 34.7 Å². The van der Waals surface area contributed by atoms with E-state index in [4.69, 9.17) is 9.97 Å². The molecule has 2 aromatic heterocycles. The molecule has 4 rings (SSSR count). The van der Waals surface area contributed by atoms with Gasteiger partial charge in [0.15, 0.2) is 0 Å². The molecular formula is C18H24N4OS. The Bertz CT molecular complexity index is 794. The number of carbonyl (C=O) groups excluding carboxylic acids is 1. The SMILES string of the molecule is C[C@H](Nc1nc(C2CC2)nc2sc3c(c12)CCCC3)C(=O)N(C)C. The van der Waals surface area contributed by atoms with Gasteiger partial charge in [0.1, 0.15) is 22.5 Å². The number of likely N-dealkylation sites (N-methyl/N-ethyl adjacent to an activating group) is 1. The van der Waals surface area contributed by atoms with E-state index in [1.54, 1.807) is 19.0 Å². The monoisotopic (exact) mass is 344 g/mol. The highest BCUT2D eigenvalue weighted by Gasteiger charge is 2.30. The number of carbonyl (C=O) groups is 1. The summed E-state index contributed by atoms with van der Waals surface area (Å²) < 4.78 is 0. The molecule has 0 unspecified atom stereocenters. The summed E-state index contributed by atoms with van der Waals surface area (Å²) in [5.41, 5.74) is 1.41. The molecule has 5 nitrogen and oxygen atoms in total. The van der Waals surface area contributed by atoms with Crippen LogP contribution in [0.25, 0.3) is 10.2 Å². The third-order valence-electron chi connectivity index (χ3n) is 4.94. The van der Waals surface area contributed by atoms with Crippen LogP contribution in [0.15, 0.2) is 0 Å². The number of anilines is 1. The van der Waals surface area contributed by atoms with Crippen LogP contribution in [0.3, 0.4) is 0 Å². The smallest absolute Gasteiger partial charge is 0.244 e. The van der Waals surface area contributed by atoms with E-state index in [2.05, 4.69) is 5.32 Å². The van der Waals surface area contributed by atoms with Gasteiger partial charge in [0.05, 0.1) is 5.39 Å². The number of nitrogens with one attached hydrogen (secondary N) is 1. The van der Waals surface area contributed by atoms with E-state index in [-0.39, 0.29) is 11.9 Å². The molecule has 2 aromatic rings. The van der Waals surface area contributed by atoms with Crippen LogP contribution >= 0.6 is 11.3 Å². The van der Waals surface area contributed by atoms with Gasteiger partial charge in [-0.3, -0.25) is 4.79 Å². The summed E-state index contributed by atoms with van der Waals surface area (Å²) in [7, 11) is 3.58. The summed E-state index contributed by atoms with van der Waals surface area (Å²) in [6.45, 7) is 1.91. The Labute approximate surface area is 146 Å². The standard InChI is InChI=1S/C18H24N4OS/c1-10(18(23)22(2)3)19-16-14-12-6-4-5-7-13(12)24-17(14)21-15(20-16)11-8-9-11/h10-11H,4-9H2,1-3H3,(H,19,20,21)/t10-/m0/s1. The van der Waals surface area contributed by atoms with Gasteiger partial charge in [0, 0.05) is 24.9 Å². The van der Waals surface area contributed by atoms with Crippen molar-refractivity contribution in [3.63, 3.8) is 0 Å². The third kappa shape index (κ3) is 2.77. The van der Waals surface area contributed by atoms with Crippen molar-refractivity contribution < 1.29 is 4.79 Å². The van der Waals surface area contributed by atoms with Crippen LogP contribution in [0.2, 0.25) is 0 Å². The molecule has 1 N–H and O–H groups in total. The first-order chi connectivity index (χ1) is 11.5. The molecule has 2 aliphatic carbocycles. The van der Waals surface area contributed by atoms with Crippen molar-refractivity contribution in [2.24, 2.45) is 0 Å². The first-order valence-corrected chi connectivity index (χ1v) is 9.66. The molecule has 6 heteroatoms. The van der Waals surface area contributed by atoms with Gasteiger partial charge in [0.25, 0.3) is 0 Å². The number of fused-ring (bicyclic) bond motifs is 3. The summed E-state index contributed by atoms with van der Waals surface area (Å²) in [4.78, 5) is 26.2. The van der Waals surface area contributed by atoms with E-state index >= 15 is 0 Å². The van der Waals surface area contributed by atoms with Crippen LogP contribution in [-0.2, 0) is 17.6 Å². The molecule has 24 heavy (non-hydrogen) atoms. The maximum absolute atomic E-state index is 12.3. The summed E-state index contributed by atoms with van der Waals surface area (Å²) in [5.74, 6) is 2.39. The Morgan fingerprint density at radius 1 is 1.25 bits per heavy atom. The highest BCUT2D eigenvalue weighted by molar-refractivity contribution is 7.19. The van der Waals surface area contributed by atoms with E-state index in [1.807, 2.05) is 18.3 Å². The quantitative estimate of drug-likeness (QED) is 0.924. The summed E-state index contributed by atoms with van der Waals surface area (Å²) in [6.07, 6.45) is 7.12. The Balaban J connectivity index is 1.79. The van der Waals surface area contributed by atoms with E-state index in [0.29, 0.717) is 5.92 Å². The minimum absolute atomic E-state index is 0.0684. The maximum Gasteiger partial charge on any atom is 0.244 e. The zero-order valence-electron chi connectivity index (χ0n) is 14.6. The fraction of sp³-hybridized carbons (Fsp3) is 0.611. The number of aryl methyl sites for hydroxylation is 2. The first-order valence-electron chi connectivity index (χ1n) is 8.84. The number of thiophene rings is 1. The van der Waals surface area contributed by atoms with Gasteiger partial charge >= 0.3 is 0 Å². The summed E-state index contributed by atoms with van der Waals surface area (Å²) >= 11 is 1.83. The second kappa shape index (κ2) is 5.99. The fourth-order valence-electron chi connectivity index (χ4n) is 3.46. The second-order valence-electron chi connectivity index (χ2n) is 7.19. The zero-order valence-corrected chi connectivity index (χ0v) is 15.4. The Hall–Kier alpha value is -1.69. The van der Waals surface area contributed by atoms with E-state index in [9.17, 15) is 4.79 Å². The van der Waals surface area contributed by atoms with Crippen LogP contribution in [-0.4, -0.2) is 40.9 Å². The van der Waals surface area contributed by atoms with Crippen molar-refractivity contribution in [1.29, 1.82) is 0 Å². The van der Waals surface area contributed by atoms with Crippen molar-refractivity contribution in [3.05, 3.63) is 16.3 Å². The topological polar surface area (TPSA) is 58.1 Å². The van der Waals surface area contributed by atoms with Crippen LogP contribution < -0.4 is 5.32 Å². The average molecular weight is 344 g/mol. The minimum atomic E-state index is -0.288. The molecule has 0 radical (unpaired) electrons. The number of rotatable bonds is 4. The molecule has 0 aromatic carbocycles. The highest BCUT2D eigenvalue weighted by atomic mass is 32.1. The maximum atomic E-state index is 12.3. The predicted molar refractivity (Wildman–Crippen MR) is 97.8 cm³/mol. The van der Waals surface area contributed by atoms with Gasteiger partial charge in [-0.2, -0.15) is 0 Å². The Kier molecular flexibility index (Phi) is 3.95. The molecular weight excluding hydrogens is 320 g/mol. The molecule has 1 amide bonds. The highest BCUT2D eigenvalue weighted by Crippen LogP contribution is 2.43. The minimum Gasteiger partial charge on any atom is -0.358 e. The predicted octanol–water partition coefficient (Wildman–Crippen LogP) is 3.34. The third-order valence-corrected chi connectivity index (χ3v) is 6.12. The van der Waals surface area contributed by atoms with E-state index < -0.39 is 0 Å². The summed E-state index contributed by atoms with van der Waals surface area (Å²) in [6, 6.07) is -0.288. The Morgan fingerprint density at radius 2 is 2.00 bits per heavy atom. The Morgan fingerprint density at radius 3 is 2.71 bits per heavy atom. The lowest BCUT2D eigenvalue weighted by molar-refractivity contribution is -0.129. The van der Waals surface area contributed by atoms with Crippen molar-refractivity contribution in [3.8, 4) is 0 Å². The average Bonchev–Trinajstić information content (AvgIpc) is 3.34. The molecule has 1 saturated carbocycles. The molecule has 0 bridgehead atoms. The van der Waals surface area contributed by atoms with Gasteiger partial charge < -0.3 is 10.2 Å². The van der Waals surface area contributed by atoms with Crippen LogP contribution in [0, 0.1) is 0 Å². The van der Waals surface area contributed by atoms with Gasteiger partial charge in [0.2, 0.25) is 5.91 Å². The van der Waals surface area contributed by atoms with Crippen molar-refractivity contribution in [2.75, 3.05) is 19.4 Å². The zero-order chi connectivity index (χ0) is 16.8. The number of amides is 1. The lowest BCUT2D eigenvalue weighted by Gasteiger charge is -2.20. The van der Waals surface area contributed by atoms with Crippen LogP contribution in [0.4, 0.5) is 5.82 Å². The lowest BCUT2D eigenvalue weighted by Crippen LogP contribution is -2.37. The molecule has 2 heterocycles. The van der Waals surface area contributed by atoms with Gasteiger partial charge in [-0.05, 0) is 51.0 Å². The van der Waals surface area contributed by atoms with Crippen molar-refractivity contribution in [1.82, 2.24) is 14.9 Å². The van der Waals surface area contributed by atoms with Gasteiger partial charge in [-0.25, -0.2) is 9.97 Å². The molecule has 1 atom stereocenters. The fourth-order valence-corrected chi connectivity index (χ4v) is 4.72. The van der Waals surface area contributed by atoms with E-state index in [1.165, 1.54) is 36.1 Å². The molecule has 128 valence electrons. The number of hydrogen-bond acceptors (Lipinski definition) is 5. The summed E-state index contributed by atoms with van der Waals surface area (Å²) in [5, 5.41) is 4.55. The molecule has 0 spiro atoms. The molecule has 1 fully saturated rings.